The average Bonchev–Trinajstić information content (AvgIpc) is 2.62. The lowest BCUT2D eigenvalue weighted by atomic mass is 10.1. The van der Waals surface area contributed by atoms with E-state index in [1.54, 1.807) is 19.5 Å². The van der Waals surface area contributed by atoms with Crippen molar-refractivity contribution in [3.8, 4) is 28.3 Å². The first kappa shape index (κ1) is 15.7. The molecular weight excluding hydrogens is 302 g/mol. The standard InChI is InChI=1S/C19H17N3O2/c1-13(23)21-16-8-6-14(7-9-16)18-11-20-12-19(22-18)15-4-3-5-17(10-15)24-2/h3-12H,1-2H3,(H,21,23). The summed E-state index contributed by atoms with van der Waals surface area (Å²) in [5.41, 5.74) is 4.17. The van der Waals surface area contributed by atoms with E-state index in [1.807, 2.05) is 48.5 Å². The van der Waals surface area contributed by atoms with E-state index in [2.05, 4.69) is 15.3 Å². The molecule has 0 fully saturated rings. The molecule has 0 saturated carbocycles. The van der Waals surface area contributed by atoms with Gasteiger partial charge in [-0.05, 0) is 24.3 Å². The minimum absolute atomic E-state index is 0.0948. The Labute approximate surface area is 140 Å². The van der Waals surface area contributed by atoms with Crippen LogP contribution in [0.4, 0.5) is 5.69 Å². The van der Waals surface area contributed by atoms with Gasteiger partial charge in [-0.15, -0.1) is 0 Å². The lowest BCUT2D eigenvalue weighted by molar-refractivity contribution is -0.114. The maximum atomic E-state index is 11.1. The Morgan fingerprint density at radius 1 is 1.00 bits per heavy atom. The summed E-state index contributed by atoms with van der Waals surface area (Å²) in [5, 5.41) is 2.74. The predicted octanol–water partition coefficient (Wildman–Crippen LogP) is 3.78. The molecule has 0 aliphatic rings. The zero-order chi connectivity index (χ0) is 16.9. The van der Waals surface area contributed by atoms with Crippen molar-refractivity contribution < 1.29 is 9.53 Å². The van der Waals surface area contributed by atoms with Crippen molar-refractivity contribution in [2.75, 3.05) is 12.4 Å². The number of ether oxygens (including phenoxy) is 1. The number of hydrogen-bond donors (Lipinski definition) is 1. The van der Waals surface area contributed by atoms with Gasteiger partial charge in [-0.25, -0.2) is 4.98 Å². The van der Waals surface area contributed by atoms with E-state index in [4.69, 9.17) is 4.74 Å². The van der Waals surface area contributed by atoms with Crippen LogP contribution in [0.15, 0.2) is 60.9 Å². The van der Waals surface area contributed by atoms with Gasteiger partial charge in [0, 0.05) is 23.7 Å². The number of rotatable bonds is 4. The van der Waals surface area contributed by atoms with Crippen LogP contribution in [0, 0.1) is 0 Å². The molecule has 0 bridgehead atoms. The number of carbonyl (C=O) groups is 1. The second kappa shape index (κ2) is 6.91. The molecule has 0 spiro atoms. The van der Waals surface area contributed by atoms with E-state index >= 15 is 0 Å². The van der Waals surface area contributed by atoms with Crippen molar-refractivity contribution in [2.24, 2.45) is 0 Å². The van der Waals surface area contributed by atoms with Gasteiger partial charge >= 0.3 is 0 Å². The van der Waals surface area contributed by atoms with Crippen molar-refractivity contribution >= 4 is 11.6 Å². The van der Waals surface area contributed by atoms with Gasteiger partial charge in [-0.3, -0.25) is 9.78 Å². The van der Waals surface area contributed by atoms with Gasteiger partial charge in [0.05, 0.1) is 30.9 Å². The third-order valence-electron chi connectivity index (χ3n) is 3.50. The van der Waals surface area contributed by atoms with Crippen LogP contribution in [0.2, 0.25) is 0 Å². The maximum Gasteiger partial charge on any atom is 0.221 e. The van der Waals surface area contributed by atoms with Gasteiger partial charge in [0.2, 0.25) is 5.91 Å². The number of hydrogen-bond acceptors (Lipinski definition) is 4. The molecule has 0 radical (unpaired) electrons. The molecule has 0 unspecified atom stereocenters. The summed E-state index contributed by atoms with van der Waals surface area (Å²) in [7, 11) is 1.64. The highest BCUT2D eigenvalue weighted by molar-refractivity contribution is 5.88. The van der Waals surface area contributed by atoms with E-state index < -0.39 is 0 Å². The molecule has 2 aromatic carbocycles. The van der Waals surface area contributed by atoms with Gasteiger partial charge in [-0.1, -0.05) is 24.3 Å². The van der Waals surface area contributed by atoms with Crippen LogP contribution in [0.5, 0.6) is 5.75 Å². The highest BCUT2D eigenvalue weighted by atomic mass is 16.5. The first-order valence-electron chi connectivity index (χ1n) is 7.50. The molecule has 1 amide bonds. The van der Waals surface area contributed by atoms with E-state index in [-0.39, 0.29) is 5.91 Å². The molecule has 1 N–H and O–H groups in total. The van der Waals surface area contributed by atoms with Crippen molar-refractivity contribution in [3.63, 3.8) is 0 Å². The van der Waals surface area contributed by atoms with Crippen LogP contribution in [-0.4, -0.2) is 23.0 Å². The summed E-state index contributed by atoms with van der Waals surface area (Å²) in [6.07, 6.45) is 3.45. The molecule has 120 valence electrons. The van der Waals surface area contributed by atoms with E-state index in [0.29, 0.717) is 0 Å². The molecular formula is C19H17N3O2. The minimum atomic E-state index is -0.0948. The van der Waals surface area contributed by atoms with Gasteiger partial charge < -0.3 is 10.1 Å². The molecule has 0 saturated heterocycles. The summed E-state index contributed by atoms with van der Waals surface area (Å²) in [5.74, 6) is 0.682. The minimum Gasteiger partial charge on any atom is -0.497 e. The Morgan fingerprint density at radius 3 is 2.38 bits per heavy atom. The molecule has 3 aromatic rings. The Morgan fingerprint density at radius 2 is 1.71 bits per heavy atom. The number of carbonyl (C=O) groups excluding carboxylic acids is 1. The van der Waals surface area contributed by atoms with Crippen LogP contribution in [-0.2, 0) is 4.79 Å². The van der Waals surface area contributed by atoms with E-state index in [1.165, 1.54) is 6.92 Å². The van der Waals surface area contributed by atoms with E-state index in [9.17, 15) is 4.79 Å². The Balaban J connectivity index is 1.91. The molecule has 0 atom stereocenters. The first-order valence-corrected chi connectivity index (χ1v) is 7.50. The molecule has 5 nitrogen and oxygen atoms in total. The van der Waals surface area contributed by atoms with Crippen LogP contribution >= 0.6 is 0 Å². The number of benzene rings is 2. The number of nitrogens with one attached hydrogen (secondary N) is 1. The molecule has 0 aliphatic heterocycles. The fourth-order valence-corrected chi connectivity index (χ4v) is 2.35. The first-order chi connectivity index (χ1) is 11.7. The summed E-state index contributed by atoms with van der Waals surface area (Å²) < 4.78 is 5.25. The third-order valence-corrected chi connectivity index (χ3v) is 3.50. The lowest BCUT2D eigenvalue weighted by Crippen LogP contribution is -2.05. The quantitative estimate of drug-likeness (QED) is 0.795. The second-order valence-corrected chi connectivity index (χ2v) is 5.28. The van der Waals surface area contributed by atoms with Crippen molar-refractivity contribution in [2.45, 2.75) is 6.92 Å². The van der Waals surface area contributed by atoms with E-state index in [0.717, 1.165) is 34.0 Å². The second-order valence-electron chi connectivity index (χ2n) is 5.28. The molecule has 3 rings (SSSR count). The normalized spacial score (nSPS) is 10.2. The van der Waals surface area contributed by atoms with Crippen molar-refractivity contribution in [3.05, 3.63) is 60.9 Å². The number of methoxy groups -OCH3 is 1. The van der Waals surface area contributed by atoms with Gasteiger partial charge in [0.15, 0.2) is 0 Å². The number of nitrogens with zero attached hydrogens (tertiary/aromatic N) is 2. The molecule has 1 aromatic heterocycles. The van der Waals surface area contributed by atoms with Gasteiger partial charge in [0.25, 0.3) is 0 Å². The van der Waals surface area contributed by atoms with Crippen LogP contribution in [0.25, 0.3) is 22.5 Å². The van der Waals surface area contributed by atoms with Crippen LogP contribution in [0.1, 0.15) is 6.92 Å². The van der Waals surface area contributed by atoms with Crippen molar-refractivity contribution in [1.29, 1.82) is 0 Å². The third kappa shape index (κ3) is 3.57. The molecule has 24 heavy (non-hydrogen) atoms. The lowest BCUT2D eigenvalue weighted by Gasteiger charge is -2.07. The smallest absolute Gasteiger partial charge is 0.221 e. The van der Waals surface area contributed by atoms with Crippen molar-refractivity contribution in [1.82, 2.24) is 9.97 Å². The monoisotopic (exact) mass is 319 g/mol. The van der Waals surface area contributed by atoms with Gasteiger partial charge in [0.1, 0.15) is 5.75 Å². The fourth-order valence-electron chi connectivity index (χ4n) is 2.35. The highest BCUT2D eigenvalue weighted by Crippen LogP contribution is 2.25. The number of anilines is 1. The topological polar surface area (TPSA) is 64.1 Å². The fraction of sp³-hybridized carbons (Fsp3) is 0.105. The summed E-state index contributed by atoms with van der Waals surface area (Å²) >= 11 is 0. The average molecular weight is 319 g/mol. The predicted molar refractivity (Wildman–Crippen MR) is 93.8 cm³/mol. The van der Waals surface area contributed by atoms with Crippen LogP contribution in [0.3, 0.4) is 0 Å². The zero-order valence-corrected chi connectivity index (χ0v) is 13.5. The Hall–Kier alpha value is -3.21. The molecule has 0 aliphatic carbocycles. The summed E-state index contributed by atoms with van der Waals surface area (Å²) in [6.45, 7) is 1.48. The Bertz CT molecular complexity index is 860. The molecule has 1 heterocycles. The number of amides is 1. The highest BCUT2D eigenvalue weighted by Gasteiger charge is 2.06. The largest absolute Gasteiger partial charge is 0.497 e. The maximum absolute atomic E-state index is 11.1. The van der Waals surface area contributed by atoms with Gasteiger partial charge in [-0.2, -0.15) is 0 Å². The van der Waals surface area contributed by atoms with Crippen LogP contribution < -0.4 is 10.1 Å². The summed E-state index contributed by atoms with van der Waals surface area (Å²) in [4.78, 5) is 20.0. The number of aromatic nitrogens is 2. The zero-order valence-electron chi connectivity index (χ0n) is 13.5. The SMILES string of the molecule is COc1cccc(-c2cncc(-c3ccc(NC(C)=O)cc3)n2)c1. The molecule has 5 heteroatoms. The summed E-state index contributed by atoms with van der Waals surface area (Å²) in [6, 6.07) is 15.2. The Kier molecular flexibility index (Phi) is 4.52.